The second-order valence-electron chi connectivity index (χ2n) is 4.76. The van der Waals surface area contributed by atoms with Gasteiger partial charge >= 0.3 is 0 Å². The highest BCUT2D eigenvalue weighted by Gasteiger charge is 2.07. The minimum Gasteiger partial charge on any atom is -0.380 e. The van der Waals surface area contributed by atoms with E-state index in [1.807, 2.05) is 12.1 Å². The third-order valence-electron chi connectivity index (χ3n) is 2.97. The van der Waals surface area contributed by atoms with Crippen molar-refractivity contribution in [3.8, 4) is 0 Å². The van der Waals surface area contributed by atoms with Gasteiger partial charge in [-0.15, -0.1) is 11.3 Å². The number of anilines is 1. The fourth-order valence-corrected chi connectivity index (χ4v) is 2.76. The molecule has 0 aliphatic heterocycles. The van der Waals surface area contributed by atoms with Crippen LogP contribution in [0.25, 0.3) is 0 Å². The normalized spacial score (nSPS) is 10.7. The van der Waals surface area contributed by atoms with E-state index < -0.39 is 0 Å². The molecule has 100 valence electrons. The van der Waals surface area contributed by atoms with Gasteiger partial charge < -0.3 is 11.1 Å². The number of nitrogens with one attached hydrogen (secondary N) is 1. The number of rotatable bonds is 5. The van der Waals surface area contributed by atoms with Crippen molar-refractivity contribution >= 4 is 22.9 Å². The number of hydrogen-bond acceptors (Lipinski definition) is 3. The summed E-state index contributed by atoms with van der Waals surface area (Å²) in [6.07, 6.45) is 0. The van der Waals surface area contributed by atoms with Crippen molar-refractivity contribution in [1.82, 2.24) is 0 Å². The Morgan fingerprint density at radius 1 is 1.37 bits per heavy atom. The molecule has 0 aliphatic carbocycles. The van der Waals surface area contributed by atoms with Gasteiger partial charge in [0.15, 0.2) is 0 Å². The van der Waals surface area contributed by atoms with Gasteiger partial charge in [-0.2, -0.15) is 0 Å². The van der Waals surface area contributed by atoms with Crippen molar-refractivity contribution in [3.05, 3.63) is 51.7 Å². The smallest absolute Gasteiger partial charge is 0.249 e. The molecule has 0 atom stereocenters. The zero-order valence-electron chi connectivity index (χ0n) is 11.1. The lowest BCUT2D eigenvalue weighted by Gasteiger charge is -2.13. The lowest BCUT2D eigenvalue weighted by Crippen LogP contribution is -2.09. The number of primary amides is 1. The number of carbonyl (C=O) groups excluding carboxylic acids is 1. The summed E-state index contributed by atoms with van der Waals surface area (Å²) < 4.78 is 0. The third-order valence-corrected chi connectivity index (χ3v) is 3.91. The molecular weight excluding hydrogens is 256 g/mol. The highest BCUT2D eigenvalue weighted by atomic mass is 32.1. The number of para-hydroxylation sites is 1. The van der Waals surface area contributed by atoms with Crippen LogP contribution in [0, 0.1) is 0 Å². The lowest BCUT2D eigenvalue weighted by atomic mass is 10.0. The van der Waals surface area contributed by atoms with E-state index in [0.29, 0.717) is 18.0 Å². The van der Waals surface area contributed by atoms with E-state index in [-0.39, 0.29) is 5.91 Å². The van der Waals surface area contributed by atoms with Crippen molar-refractivity contribution in [2.24, 2.45) is 5.73 Å². The number of amides is 1. The van der Waals surface area contributed by atoms with Gasteiger partial charge in [-0.1, -0.05) is 32.0 Å². The average Bonchev–Trinajstić information content (AvgIpc) is 2.85. The van der Waals surface area contributed by atoms with Crippen molar-refractivity contribution in [2.45, 2.75) is 26.3 Å². The third kappa shape index (κ3) is 3.35. The fraction of sp³-hybridized carbons (Fsp3) is 0.267. The molecule has 1 aromatic carbocycles. The minimum absolute atomic E-state index is 0.370. The monoisotopic (exact) mass is 274 g/mol. The summed E-state index contributed by atoms with van der Waals surface area (Å²) in [5.41, 5.74) is 8.27. The van der Waals surface area contributed by atoms with E-state index in [1.165, 1.54) is 5.56 Å². The Bertz CT molecular complexity index is 575. The Morgan fingerprint density at radius 2 is 2.11 bits per heavy atom. The summed E-state index contributed by atoms with van der Waals surface area (Å²) in [6, 6.07) is 10.1. The minimum atomic E-state index is -0.370. The molecule has 0 unspecified atom stereocenters. The van der Waals surface area contributed by atoms with Crippen molar-refractivity contribution < 1.29 is 4.79 Å². The van der Waals surface area contributed by atoms with Crippen LogP contribution in [0.1, 0.15) is 40.6 Å². The SMILES string of the molecule is CC(C)c1ccccc1NCc1cc(C(N)=O)cs1. The summed E-state index contributed by atoms with van der Waals surface area (Å²) in [6.45, 7) is 5.06. The Kier molecular flexibility index (Phi) is 4.22. The first-order chi connectivity index (χ1) is 9.08. The van der Waals surface area contributed by atoms with Crippen LogP contribution in [0.2, 0.25) is 0 Å². The molecule has 4 heteroatoms. The van der Waals surface area contributed by atoms with Gasteiger partial charge in [0.25, 0.3) is 0 Å². The van der Waals surface area contributed by atoms with Crippen molar-refractivity contribution in [2.75, 3.05) is 5.32 Å². The van der Waals surface area contributed by atoms with E-state index in [1.54, 1.807) is 16.7 Å². The molecule has 1 heterocycles. The van der Waals surface area contributed by atoms with Crippen LogP contribution >= 0.6 is 11.3 Å². The van der Waals surface area contributed by atoms with E-state index in [9.17, 15) is 4.79 Å². The highest BCUT2D eigenvalue weighted by Crippen LogP contribution is 2.25. The Morgan fingerprint density at radius 3 is 2.74 bits per heavy atom. The summed E-state index contributed by atoms with van der Waals surface area (Å²) in [5.74, 6) is 0.110. The molecule has 0 aliphatic rings. The second kappa shape index (κ2) is 5.89. The van der Waals surface area contributed by atoms with Crippen LogP contribution < -0.4 is 11.1 Å². The summed E-state index contributed by atoms with van der Waals surface area (Å²) in [5, 5.41) is 5.22. The molecule has 0 saturated carbocycles. The van der Waals surface area contributed by atoms with Gasteiger partial charge in [0.2, 0.25) is 5.91 Å². The van der Waals surface area contributed by atoms with Crippen LogP contribution in [-0.2, 0) is 6.54 Å². The van der Waals surface area contributed by atoms with Gasteiger partial charge in [-0.3, -0.25) is 4.79 Å². The van der Waals surface area contributed by atoms with Crippen LogP contribution in [0.5, 0.6) is 0 Å². The molecular formula is C15H18N2OS. The predicted octanol–water partition coefficient (Wildman–Crippen LogP) is 3.58. The molecule has 2 rings (SSSR count). The number of carbonyl (C=O) groups is 1. The van der Waals surface area contributed by atoms with E-state index in [4.69, 9.17) is 5.73 Å². The Hall–Kier alpha value is -1.81. The fourth-order valence-electron chi connectivity index (χ4n) is 1.95. The van der Waals surface area contributed by atoms with E-state index in [2.05, 4.69) is 37.4 Å². The molecule has 2 aromatic rings. The highest BCUT2D eigenvalue weighted by molar-refractivity contribution is 7.10. The molecule has 0 radical (unpaired) electrons. The summed E-state index contributed by atoms with van der Waals surface area (Å²) >= 11 is 1.55. The first-order valence-electron chi connectivity index (χ1n) is 6.28. The average molecular weight is 274 g/mol. The van der Waals surface area contributed by atoms with Gasteiger partial charge in [-0.25, -0.2) is 0 Å². The van der Waals surface area contributed by atoms with Gasteiger partial charge in [0.1, 0.15) is 0 Å². The van der Waals surface area contributed by atoms with Crippen molar-refractivity contribution in [1.29, 1.82) is 0 Å². The van der Waals surface area contributed by atoms with Crippen LogP contribution in [0.4, 0.5) is 5.69 Å². The maximum absolute atomic E-state index is 11.0. The number of hydrogen-bond donors (Lipinski definition) is 2. The molecule has 19 heavy (non-hydrogen) atoms. The number of benzene rings is 1. The topological polar surface area (TPSA) is 55.1 Å². The number of nitrogens with two attached hydrogens (primary N) is 1. The molecule has 0 spiro atoms. The van der Waals surface area contributed by atoms with Gasteiger partial charge in [-0.05, 0) is 23.6 Å². The van der Waals surface area contributed by atoms with Crippen molar-refractivity contribution in [3.63, 3.8) is 0 Å². The maximum Gasteiger partial charge on any atom is 0.249 e. The zero-order chi connectivity index (χ0) is 13.8. The van der Waals surface area contributed by atoms with E-state index in [0.717, 1.165) is 10.6 Å². The zero-order valence-corrected chi connectivity index (χ0v) is 12.0. The van der Waals surface area contributed by atoms with Gasteiger partial charge in [0, 0.05) is 22.5 Å². The predicted molar refractivity (Wildman–Crippen MR) is 80.7 cm³/mol. The number of thiophene rings is 1. The maximum atomic E-state index is 11.0. The molecule has 0 bridgehead atoms. The van der Waals surface area contributed by atoms with E-state index >= 15 is 0 Å². The summed E-state index contributed by atoms with van der Waals surface area (Å²) in [4.78, 5) is 12.1. The first kappa shape index (κ1) is 13.6. The first-order valence-corrected chi connectivity index (χ1v) is 7.16. The molecule has 0 fully saturated rings. The van der Waals surface area contributed by atoms with Crippen LogP contribution in [0.15, 0.2) is 35.7 Å². The molecule has 1 amide bonds. The second-order valence-corrected chi connectivity index (χ2v) is 5.76. The standard InChI is InChI=1S/C15H18N2OS/c1-10(2)13-5-3-4-6-14(13)17-8-12-7-11(9-19-12)15(16)18/h3-7,9-10,17H,8H2,1-2H3,(H2,16,18). The Balaban J connectivity index is 2.08. The van der Waals surface area contributed by atoms with Crippen LogP contribution in [-0.4, -0.2) is 5.91 Å². The summed E-state index contributed by atoms with van der Waals surface area (Å²) in [7, 11) is 0. The Labute approximate surface area is 117 Å². The molecule has 3 N–H and O–H groups in total. The molecule has 1 aromatic heterocycles. The molecule has 3 nitrogen and oxygen atoms in total. The largest absolute Gasteiger partial charge is 0.380 e. The van der Waals surface area contributed by atoms with Gasteiger partial charge in [0.05, 0.1) is 5.56 Å². The quantitative estimate of drug-likeness (QED) is 0.875. The molecule has 0 saturated heterocycles. The van der Waals surface area contributed by atoms with Crippen LogP contribution in [0.3, 0.4) is 0 Å². The lowest BCUT2D eigenvalue weighted by molar-refractivity contribution is 0.100.